The van der Waals surface area contributed by atoms with Gasteiger partial charge in [0.25, 0.3) is 5.91 Å². The van der Waals surface area contributed by atoms with E-state index in [-0.39, 0.29) is 27.2 Å². The average Bonchev–Trinajstić information content (AvgIpc) is 2.75. The minimum Gasteiger partial charge on any atom is -0.495 e. The number of amides is 1. The highest BCUT2D eigenvalue weighted by atomic mass is 35.5. The van der Waals surface area contributed by atoms with Gasteiger partial charge in [0.05, 0.1) is 33.5 Å². The van der Waals surface area contributed by atoms with Gasteiger partial charge < -0.3 is 24.3 Å². The molecule has 0 aliphatic heterocycles. The van der Waals surface area contributed by atoms with Crippen molar-refractivity contribution in [1.29, 1.82) is 0 Å². The largest absolute Gasteiger partial charge is 0.495 e. The van der Waals surface area contributed by atoms with Crippen molar-refractivity contribution in [2.24, 2.45) is 10.2 Å². The molecule has 1 atom stereocenters. The van der Waals surface area contributed by atoms with Crippen LogP contribution in [0.3, 0.4) is 0 Å². The number of benzene rings is 2. The first kappa shape index (κ1) is 24.2. The molecule has 11 heteroatoms. The topological polar surface area (TPSA) is 108 Å². The minimum absolute atomic E-state index is 0.109. The number of nitrogens with one attached hydrogen (secondary N) is 1. The van der Waals surface area contributed by atoms with Crippen molar-refractivity contribution in [3.63, 3.8) is 0 Å². The molecule has 0 saturated heterocycles. The van der Waals surface area contributed by atoms with E-state index in [9.17, 15) is 9.59 Å². The second kappa shape index (κ2) is 10.8. The third-order valence-corrected chi connectivity index (χ3v) is 4.80. The summed E-state index contributed by atoms with van der Waals surface area (Å²) in [6, 6.07) is 4.64. The van der Waals surface area contributed by atoms with E-state index in [2.05, 4.69) is 15.5 Å². The van der Waals surface area contributed by atoms with Crippen LogP contribution >= 0.6 is 23.2 Å². The predicted molar refractivity (Wildman–Crippen MR) is 117 cm³/mol. The van der Waals surface area contributed by atoms with Gasteiger partial charge in [0.2, 0.25) is 6.04 Å². The van der Waals surface area contributed by atoms with Gasteiger partial charge in [-0.15, -0.1) is 0 Å². The summed E-state index contributed by atoms with van der Waals surface area (Å²) >= 11 is 12.5. The summed E-state index contributed by atoms with van der Waals surface area (Å²) in [7, 11) is 5.75. The van der Waals surface area contributed by atoms with Crippen LogP contribution in [0.2, 0.25) is 10.0 Å². The Morgan fingerprint density at radius 1 is 0.903 bits per heavy atom. The average molecular weight is 470 g/mol. The van der Waals surface area contributed by atoms with Crippen LogP contribution in [0.5, 0.6) is 23.0 Å². The summed E-state index contributed by atoms with van der Waals surface area (Å²) in [6.07, 6.45) is 0. The number of anilines is 1. The first-order valence-electron chi connectivity index (χ1n) is 8.81. The fraction of sp³-hybridized carbons (Fsp3) is 0.300. The zero-order valence-corrected chi connectivity index (χ0v) is 19.0. The van der Waals surface area contributed by atoms with Crippen molar-refractivity contribution in [2.45, 2.75) is 13.0 Å². The van der Waals surface area contributed by atoms with E-state index >= 15 is 0 Å². The number of carbonyl (C=O) groups is 2. The van der Waals surface area contributed by atoms with Crippen LogP contribution in [0.1, 0.15) is 6.92 Å². The van der Waals surface area contributed by atoms with E-state index in [1.807, 2.05) is 0 Å². The Kier molecular flexibility index (Phi) is 8.47. The molecule has 0 aliphatic rings. The Bertz CT molecular complexity index is 1010. The Morgan fingerprint density at radius 2 is 1.45 bits per heavy atom. The lowest BCUT2D eigenvalue weighted by Gasteiger charge is -2.16. The molecule has 1 amide bonds. The van der Waals surface area contributed by atoms with E-state index in [1.54, 1.807) is 12.1 Å². The van der Waals surface area contributed by atoms with Gasteiger partial charge in [-0.1, -0.05) is 23.2 Å². The number of ether oxygens (including phenoxy) is 4. The van der Waals surface area contributed by atoms with Crippen LogP contribution in [0.25, 0.3) is 0 Å². The van der Waals surface area contributed by atoms with Crippen molar-refractivity contribution < 1.29 is 28.5 Å². The zero-order chi connectivity index (χ0) is 23.1. The number of methoxy groups -OCH3 is 4. The van der Waals surface area contributed by atoms with Crippen LogP contribution in [0, 0.1) is 0 Å². The number of carbonyl (C=O) groups excluding carboxylic acids is 2. The van der Waals surface area contributed by atoms with E-state index in [0.29, 0.717) is 17.2 Å². The Labute approximate surface area is 189 Å². The highest BCUT2D eigenvalue weighted by Gasteiger charge is 2.26. The molecule has 2 aromatic carbocycles. The number of ketones is 1. The number of hydrogen-bond donors (Lipinski definition) is 1. The maximum Gasteiger partial charge on any atom is 0.258 e. The van der Waals surface area contributed by atoms with Crippen LogP contribution in [-0.2, 0) is 9.59 Å². The van der Waals surface area contributed by atoms with Gasteiger partial charge in [-0.05, 0) is 19.1 Å². The fourth-order valence-corrected chi connectivity index (χ4v) is 3.01. The van der Waals surface area contributed by atoms with Crippen LogP contribution < -0.4 is 24.3 Å². The normalized spacial score (nSPS) is 11.7. The molecular formula is C20H21Cl2N3O6. The smallest absolute Gasteiger partial charge is 0.258 e. The first-order valence-corrected chi connectivity index (χ1v) is 9.57. The van der Waals surface area contributed by atoms with Crippen molar-refractivity contribution >= 4 is 46.3 Å². The monoisotopic (exact) mass is 469 g/mol. The van der Waals surface area contributed by atoms with Crippen LogP contribution in [0.15, 0.2) is 34.5 Å². The van der Waals surface area contributed by atoms with E-state index < -0.39 is 17.7 Å². The standard InChI is InChI=1S/C20H21Cl2N3O6/c1-10(26)18(25-24-12-9-16(31-5)15(30-4)8-11(12)21)20(27)23-19-14(29-3)7-6-13(28-2)17(19)22/h6-9,18H,1-5H3,(H,23,27). The van der Waals surface area contributed by atoms with E-state index in [0.717, 1.165) is 0 Å². The lowest BCUT2D eigenvalue weighted by Crippen LogP contribution is -2.32. The van der Waals surface area contributed by atoms with Gasteiger partial charge in [0.15, 0.2) is 17.3 Å². The molecule has 0 radical (unpaired) electrons. The van der Waals surface area contributed by atoms with Crippen molar-refractivity contribution in [1.82, 2.24) is 0 Å². The molecule has 0 aromatic heterocycles. The van der Waals surface area contributed by atoms with Gasteiger partial charge in [-0.3, -0.25) is 9.59 Å². The number of nitrogens with zero attached hydrogens (tertiary/aromatic N) is 2. The molecule has 2 aromatic rings. The summed E-state index contributed by atoms with van der Waals surface area (Å²) in [5.41, 5.74) is 0.328. The van der Waals surface area contributed by atoms with Gasteiger partial charge >= 0.3 is 0 Å². The highest BCUT2D eigenvalue weighted by molar-refractivity contribution is 6.36. The van der Waals surface area contributed by atoms with Gasteiger partial charge in [-0.25, -0.2) is 0 Å². The summed E-state index contributed by atoms with van der Waals surface area (Å²) in [5.74, 6) is 0.0407. The second-order valence-corrected chi connectivity index (χ2v) is 6.82. The minimum atomic E-state index is -1.46. The molecule has 0 heterocycles. The lowest BCUT2D eigenvalue weighted by atomic mass is 10.2. The van der Waals surface area contributed by atoms with Crippen molar-refractivity contribution in [2.75, 3.05) is 33.8 Å². The molecule has 31 heavy (non-hydrogen) atoms. The second-order valence-electron chi connectivity index (χ2n) is 6.04. The molecule has 166 valence electrons. The third kappa shape index (κ3) is 5.56. The van der Waals surface area contributed by atoms with Gasteiger partial charge in [0.1, 0.15) is 27.9 Å². The zero-order valence-electron chi connectivity index (χ0n) is 17.5. The van der Waals surface area contributed by atoms with Crippen LogP contribution in [0.4, 0.5) is 11.4 Å². The maximum atomic E-state index is 12.8. The molecule has 0 spiro atoms. The van der Waals surface area contributed by atoms with Gasteiger partial charge in [-0.2, -0.15) is 10.2 Å². The maximum absolute atomic E-state index is 12.8. The molecular weight excluding hydrogens is 449 g/mol. The number of azo groups is 1. The molecule has 9 nitrogen and oxygen atoms in total. The Hall–Kier alpha value is -3.04. The SMILES string of the molecule is COc1cc(Cl)c(N=NC(C(C)=O)C(=O)Nc2c(OC)ccc(OC)c2Cl)cc1OC. The van der Waals surface area contributed by atoms with E-state index in [1.165, 1.54) is 47.5 Å². The van der Waals surface area contributed by atoms with Crippen LogP contribution in [-0.4, -0.2) is 46.2 Å². The summed E-state index contributed by atoms with van der Waals surface area (Å²) in [4.78, 5) is 24.9. The molecule has 1 N–H and O–H groups in total. The molecule has 2 rings (SSSR count). The summed E-state index contributed by atoms with van der Waals surface area (Å²) < 4.78 is 20.7. The Morgan fingerprint density at radius 3 is 2.00 bits per heavy atom. The van der Waals surface area contributed by atoms with Crippen molar-refractivity contribution in [3.05, 3.63) is 34.3 Å². The highest BCUT2D eigenvalue weighted by Crippen LogP contribution is 2.40. The number of hydrogen-bond acceptors (Lipinski definition) is 8. The summed E-state index contributed by atoms with van der Waals surface area (Å²) in [6.45, 7) is 1.21. The number of rotatable bonds is 9. The third-order valence-electron chi connectivity index (χ3n) is 4.12. The quantitative estimate of drug-likeness (QED) is 0.420. The fourth-order valence-electron chi connectivity index (χ4n) is 2.53. The van der Waals surface area contributed by atoms with Gasteiger partial charge in [0, 0.05) is 12.1 Å². The Balaban J connectivity index is 2.36. The molecule has 1 unspecified atom stereocenters. The number of halogens is 2. The number of Topliss-reactive ketones (excluding diaryl/α,β-unsaturated/α-hetero) is 1. The molecule has 0 bridgehead atoms. The molecule has 0 saturated carbocycles. The lowest BCUT2D eigenvalue weighted by molar-refractivity contribution is -0.126. The van der Waals surface area contributed by atoms with Crippen molar-refractivity contribution in [3.8, 4) is 23.0 Å². The molecule has 0 fully saturated rings. The predicted octanol–water partition coefficient (Wildman–Crippen LogP) is 4.71. The molecule has 0 aliphatic carbocycles. The van der Waals surface area contributed by atoms with E-state index in [4.69, 9.17) is 42.1 Å². The summed E-state index contributed by atoms with van der Waals surface area (Å²) in [5, 5.41) is 10.7. The first-order chi connectivity index (χ1) is 14.8.